The molecular weight excluding hydrogens is 627 g/mol. The van der Waals surface area contributed by atoms with Crippen molar-refractivity contribution in [2.45, 2.75) is 143 Å². The van der Waals surface area contributed by atoms with Crippen molar-refractivity contribution in [3.05, 3.63) is 107 Å². The summed E-state index contributed by atoms with van der Waals surface area (Å²) in [6, 6.07) is 26.5. The first-order chi connectivity index (χ1) is 20.3. The van der Waals surface area contributed by atoms with Crippen molar-refractivity contribution in [1.82, 2.24) is 0 Å². The zero-order valence-electron chi connectivity index (χ0n) is 29.5. The summed E-state index contributed by atoms with van der Waals surface area (Å²) in [5, 5.41) is 2.79. The first kappa shape index (κ1) is 38.8. The predicted octanol–water partition coefficient (Wildman–Crippen LogP) is 12.5. The molecule has 0 N–H and O–H groups in total. The van der Waals surface area contributed by atoms with Crippen LogP contribution in [0.15, 0.2) is 72.8 Å². The molecular formula is C42H60PZr+2. The third kappa shape index (κ3) is 12.8. The largest absolute Gasteiger partial charge is 3.00 e. The number of rotatable bonds is 4. The zero-order valence-corrected chi connectivity index (χ0v) is 32.9. The second-order valence-corrected chi connectivity index (χ2v) is 16.8. The SMILES string of the molecule is C1CCCC1.C1CCCC1.CC(C)(C)c1cc(C(C)(C)C)c(P=C([CH-]c2ccccc2)c2ccccc2)c(C(C)(C)C)c1.[Zr+3]. The summed E-state index contributed by atoms with van der Waals surface area (Å²) in [7, 11) is 1.25. The number of benzene rings is 3. The van der Waals surface area contributed by atoms with E-state index in [2.05, 4.69) is 142 Å². The van der Waals surface area contributed by atoms with Crippen LogP contribution < -0.4 is 5.30 Å². The molecule has 0 unspecified atom stereocenters. The molecule has 5 rings (SSSR count). The van der Waals surface area contributed by atoms with Gasteiger partial charge in [-0.2, -0.15) is 24.1 Å². The van der Waals surface area contributed by atoms with Gasteiger partial charge in [-0.1, -0.05) is 183 Å². The van der Waals surface area contributed by atoms with Gasteiger partial charge in [0.2, 0.25) is 0 Å². The summed E-state index contributed by atoms with van der Waals surface area (Å²) in [5.41, 5.74) is 7.07. The van der Waals surface area contributed by atoms with Gasteiger partial charge in [0, 0.05) is 5.30 Å². The standard InChI is InChI=1S/C32H40P.2C5H10.Zr/c1-30(2,3)25-21-26(31(4,5)6)29(27(22-25)32(7,8)9)33-28(24-18-14-11-15-19-24)20-23-16-12-10-13-17-23;2*1-2-4-5-3-1;/h10-22H,1-9H3;2*1-5H2;/q-1;;;+3. The van der Waals surface area contributed by atoms with E-state index >= 15 is 0 Å². The van der Waals surface area contributed by atoms with Gasteiger partial charge >= 0.3 is 26.2 Å². The van der Waals surface area contributed by atoms with Gasteiger partial charge in [-0.05, 0) is 43.8 Å². The van der Waals surface area contributed by atoms with E-state index in [9.17, 15) is 0 Å². The molecule has 235 valence electrons. The molecule has 0 aromatic heterocycles. The second-order valence-electron chi connectivity index (χ2n) is 15.6. The van der Waals surface area contributed by atoms with Gasteiger partial charge in [0.1, 0.15) is 0 Å². The van der Waals surface area contributed by atoms with Crippen molar-refractivity contribution >= 4 is 18.8 Å². The Morgan fingerprint density at radius 2 is 0.886 bits per heavy atom. The van der Waals surface area contributed by atoms with Gasteiger partial charge in [0.25, 0.3) is 0 Å². The van der Waals surface area contributed by atoms with Gasteiger partial charge in [0.15, 0.2) is 0 Å². The summed E-state index contributed by atoms with van der Waals surface area (Å²) >= 11 is 0. The maximum absolute atomic E-state index is 2.47. The van der Waals surface area contributed by atoms with Crippen molar-refractivity contribution in [3.63, 3.8) is 0 Å². The molecule has 2 fully saturated rings. The molecule has 2 heteroatoms. The van der Waals surface area contributed by atoms with E-state index in [0.717, 1.165) is 0 Å². The molecule has 3 aromatic rings. The summed E-state index contributed by atoms with van der Waals surface area (Å²) in [6.07, 6.45) is 17.4. The van der Waals surface area contributed by atoms with E-state index in [-0.39, 0.29) is 42.4 Å². The topological polar surface area (TPSA) is 0 Å². The third-order valence-corrected chi connectivity index (χ3v) is 9.83. The molecule has 0 aliphatic heterocycles. The van der Waals surface area contributed by atoms with Gasteiger partial charge < -0.3 is 0 Å². The molecule has 0 bridgehead atoms. The van der Waals surface area contributed by atoms with E-state index < -0.39 is 0 Å². The molecule has 0 nitrogen and oxygen atoms in total. The molecule has 2 aliphatic carbocycles. The Labute approximate surface area is 293 Å². The van der Waals surface area contributed by atoms with Gasteiger partial charge in [-0.15, -0.1) is 12.1 Å². The maximum atomic E-state index is 2.47. The molecule has 0 saturated heterocycles. The van der Waals surface area contributed by atoms with Crippen LogP contribution in [0.1, 0.15) is 154 Å². The molecule has 0 atom stereocenters. The monoisotopic (exact) mass is 685 g/mol. The Kier molecular flexibility index (Phi) is 15.9. The molecule has 0 spiro atoms. The summed E-state index contributed by atoms with van der Waals surface area (Å²) in [5.74, 6) is 0. The van der Waals surface area contributed by atoms with Crippen LogP contribution in [-0.2, 0) is 42.4 Å². The Bertz CT molecular complexity index is 1200. The second kappa shape index (κ2) is 18.1. The van der Waals surface area contributed by atoms with Crippen LogP contribution in [0.3, 0.4) is 0 Å². The van der Waals surface area contributed by atoms with Crippen molar-refractivity contribution < 1.29 is 26.2 Å². The minimum absolute atomic E-state index is 0. The van der Waals surface area contributed by atoms with Crippen LogP contribution in [0.5, 0.6) is 0 Å². The average Bonchev–Trinajstić information content (AvgIpc) is 3.72. The summed E-state index contributed by atoms with van der Waals surface area (Å²) < 4.78 is 0. The van der Waals surface area contributed by atoms with Crippen LogP contribution in [0.25, 0.3) is 0 Å². The van der Waals surface area contributed by atoms with Gasteiger partial charge in [0.05, 0.1) is 0 Å². The molecule has 44 heavy (non-hydrogen) atoms. The number of hydrogen-bond acceptors (Lipinski definition) is 0. The van der Waals surface area contributed by atoms with E-state index in [4.69, 9.17) is 0 Å². The summed E-state index contributed by atoms with van der Waals surface area (Å²) in [6.45, 7) is 21.1. The summed E-state index contributed by atoms with van der Waals surface area (Å²) in [4.78, 5) is 0. The van der Waals surface area contributed by atoms with E-state index in [0.29, 0.717) is 0 Å². The Balaban J connectivity index is 0.000000516. The smallest absolute Gasteiger partial charge is 0.187 e. The minimum Gasteiger partial charge on any atom is -0.187 e. The molecule has 3 aromatic carbocycles. The Hall–Kier alpha value is -1.42. The van der Waals surface area contributed by atoms with Crippen molar-refractivity contribution in [2.24, 2.45) is 0 Å². The van der Waals surface area contributed by atoms with Crippen LogP contribution in [0, 0.1) is 6.42 Å². The molecule has 2 saturated carbocycles. The van der Waals surface area contributed by atoms with Crippen molar-refractivity contribution in [1.29, 1.82) is 0 Å². The van der Waals surface area contributed by atoms with Gasteiger partial charge in [-0.3, -0.25) is 0 Å². The Morgan fingerprint density at radius 3 is 1.23 bits per heavy atom. The van der Waals surface area contributed by atoms with Crippen molar-refractivity contribution in [3.8, 4) is 0 Å². The fourth-order valence-electron chi connectivity index (χ4n) is 5.72. The quantitative estimate of drug-likeness (QED) is 0.189. The third-order valence-electron chi connectivity index (χ3n) is 8.50. The molecule has 2 aliphatic rings. The van der Waals surface area contributed by atoms with Crippen LogP contribution in [-0.4, -0.2) is 5.29 Å². The first-order valence-corrected chi connectivity index (χ1v) is 17.9. The number of hydrogen-bond donors (Lipinski definition) is 0. The fourth-order valence-corrected chi connectivity index (χ4v) is 7.49. The molecule has 0 heterocycles. The average molecular weight is 687 g/mol. The minimum atomic E-state index is 0. The zero-order chi connectivity index (χ0) is 31.5. The molecule has 1 radical (unpaired) electrons. The Morgan fingerprint density at radius 1 is 0.523 bits per heavy atom. The van der Waals surface area contributed by atoms with Gasteiger partial charge in [-0.25, -0.2) is 0 Å². The molecule has 0 amide bonds. The van der Waals surface area contributed by atoms with E-state index in [1.165, 1.54) is 111 Å². The van der Waals surface area contributed by atoms with E-state index in [1.807, 2.05) is 0 Å². The normalized spacial score (nSPS) is 15.3. The van der Waals surface area contributed by atoms with Crippen molar-refractivity contribution in [2.75, 3.05) is 0 Å². The maximum Gasteiger partial charge on any atom is 3.00 e. The predicted molar refractivity (Wildman–Crippen MR) is 196 cm³/mol. The fraction of sp³-hybridized carbons (Fsp3) is 0.524. The van der Waals surface area contributed by atoms with Crippen LogP contribution in [0.4, 0.5) is 0 Å². The van der Waals surface area contributed by atoms with E-state index in [1.54, 1.807) is 0 Å². The van der Waals surface area contributed by atoms with Crippen LogP contribution >= 0.6 is 8.20 Å². The first-order valence-electron chi connectivity index (χ1n) is 17.0. The van der Waals surface area contributed by atoms with Crippen LogP contribution in [0.2, 0.25) is 0 Å².